The maximum absolute atomic E-state index is 13.7. The molecule has 6 heteroatoms. The number of benzene rings is 2. The molecule has 0 aliphatic carbocycles. The first-order valence-corrected chi connectivity index (χ1v) is 9.34. The second-order valence-corrected chi connectivity index (χ2v) is 7.28. The minimum Gasteiger partial charge on any atom is -0.504 e. The summed E-state index contributed by atoms with van der Waals surface area (Å²) < 4.78 is 15.7. The van der Waals surface area contributed by atoms with Crippen molar-refractivity contribution in [2.75, 3.05) is 13.1 Å². The third kappa shape index (κ3) is 3.26. The van der Waals surface area contributed by atoms with Crippen molar-refractivity contribution in [1.82, 2.24) is 14.7 Å². The summed E-state index contributed by atoms with van der Waals surface area (Å²) in [6.45, 7) is 5.27. The van der Waals surface area contributed by atoms with E-state index in [9.17, 15) is 14.3 Å². The number of rotatable bonds is 3. The number of amides is 1. The molecular formula is C22H22FN3O2. The molecule has 1 N–H and O–H groups in total. The van der Waals surface area contributed by atoms with E-state index in [0.29, 0.717) is 29.8 Å². The van der Waals surface area contributed by atoms with Crippen molar-refractivity contribution in [2.24, 2.45) is 0 Å². The molecule has 2 heterocycles. The van der Waals surface area contributed by atoms with Gasteiger partial charge in [0.25, 0.3) is 5.91 Å². The maximum atomic E-state index is 13.7. The van der Waals surface area contributed by atoms with Crippen LogP contribution in [-0.4, -0.2) is 38.8 Å². The van der Waals surface area contributed by atoms with Gasteiger partial charge in [-0.2, -0.15) is 5.10 Å². The van der Waals surface area contributed by atoms with Gasteiger partial charge in [-0.15, -0.1) is 0 Å². The van der Waals surface area contributed by atoms with Crippen molar-refractivity contribution in [2.45, 2.75) is 26.3 Å². The summed E-state index contributed by atoms with van der Waals surface area (Å²) in [6, 6.07) is 13.6. The van der Waals surface area contributed by atoms with Gasteiger partial charge in [-0.25, -0.2) is 4.39 Å². The molecule has 0 saturated carbocycles. The van der Waals surface area contributed by atoms with E-state index in [1.807, 2.05) is 29.5 Å². The van der Waals surface area contributed by atoms with E-state index < -0.39 is 11.6 Å². The lowest BCUT2D eigenvalue weighted by Crippen LogP contribution is -2.29. The Balaban J connectivity index is 1.56. The Morgan fingerprint density at radius 1 is 1.18 bits per heavy atom. The van der Waals surface area contributed by atoms with Crippen LogP contribution < -0.4 is 0 Å². The summed E-state index contributed by atoms with van der Waals surface area (Å²) >= 11 is 0. The van der Waals surface area contributed by atoms with Crippen LogP contribution in [0.5, 0.6) is 5.75 Å². The van der Waals surface area contributed by atoms with Gasteiger partial charge in [0.05, 0.1) is 11.7 Å². The van der Waals surface area contributed by atoms with E-state index in [1.54, 1.807) is 36.4 Å². The minimum atomic E-state index is -0.679. The molecule has 3 aromatic rings. The molecule has 4 rings (SSSR count). The Morgan fingerprint density at radius 2 is 1.96 bits per heavy atom. The van der Waals surface area contributed by atoms with Gasteiger partial charge in [-0.3, -0.25) is 9.48 Å². The van der Waals surface area contributed by atoms with E-state index in [2.05, 4.69) is 5.10 Å². The number of carbonyl (C=O) groups is 1. The first-order valence-electron chi connectivity index (χ1n) is 9.34. The molecule has 0 unspecified atom stereocenters. The number of hydrogen-bond donors (Lipinski definition) is 1. The zero-order chi connectivity index (χ0) is 19.8. The Bertz CT molecular complexity index is 1040. The van der Waals surface area contributed by atoms with Crippen LogP contribution in [0.4, 0.5) is 4.39 Å². The molecule has 1 fully saturated rings. The molecule has 28 heavy (non-hydrogen) atoms. The third-order valence-electron chi connectivity index (χ3n) is 5.25. The highest BCUT2D eigenvalue weighted by Crippen LogP contribution is 2.32. The van der Waals surface area contributed by atoms with Crippen molar-refractivity contribution in [1.29, 1.82) is 0 Å². The molecule has 1 saturated heterocycles. The molecule has 2 aromatic carbocycles. The fourth-order valence-corrected chi connectivity index (χ4v) is 3.89. The highest BCUT2D eigenvalue weighted by atomic mass is 19.1. The van der Waals surface area contributed by atoms with Crippen LogP contribution in [0.2, 0.25) is 0 Å². The second-order valence-electron chi connectivity index (χ2n) is 7.28. The zero-order valence-corrected chi connectivity index (χ0v) is 15.9. The molecule has 1 aliphatic rings. The highest BCUT2D eigenvalue weighted by Gasteiger charge is 2.29. The Morgan fingerprint density at radius 3 is 2.71 bits per heavy atom. The minimum absolute atomic E-state index is 0.0678. The van der Waals surface area contributed by atoms with Crippen molar-refractivity contribution < 1.29 is 14.3 Å². The van der Waals surface area contributed by atoms with E-state index in [0.717, 1.165) is 17.8 Å². The quantitative estimate of drug-likeness (QED) is 0.745. The number of aromatic nitrogens is 2. The highest BCUT2D eigenvalue weighted by molar-refractivity contribution is 5.96. The molecule has 1 amide bonds. The van der Waals surface area contributed by atoms with Gasteiger partial charge in [0.2, 0.25) is 0 Å². The molecule has 1 aromatic heterocycles. The van der Waals surface area contributed by atoms with Crippen LogP contribution in [0.15, 0.2) is 48.5 Å². The van der Waals surface area contributed by atoms with Crippen LogP contribution in [0, 0.1) is 19.7 Å². The molecule has 1 atom stereocenters. The normalized spacial score (nSPS) is 16.5. The SMILES string of the molecule is Cc1cc(C)n([C@H]2CCN(C(=O)c3cccc(-c4cccc(F)c4O)c3)C2)n1. The van der Waals surface area contributed by atoms with Crippen LogP contribution in [0.25, 0.3) is 11.1 Å². The maximum Gasteiger partial charge on any atom is 0.253 e. The van der Waals surface area contributed by atoms with Gasteiger partial charge >= 0.3 is 0 Å². The predicted octanol–water partition coefficient (Wildman–Crippen LogP) is 4.10. The Kier molecular flexibility index (Phi) is 4.63. The van der Waals surface area contributed by atoms with Gasteiger partial charge in [0.15, 0.2) is 11.6 Å². The first kappa shape index (κ1) is 18.2. The van der Waals surface area contributed by atoms with E-state index in [1.165, 1.54) is 6.07 Å². The van der Waals surface area contributed by atoms with Crippen molar-refractivity contribution in [3.8, 4) is 16.9 Å². The summed E-state index contributed by atoms with van der Waals surface area (Å²) in [5.41, 5.74) is 3.58. The van der Waals surface area contributed by atoms with Crippen molar-refractivity contribution in [3.05, 3.63) is 71.3 Å². The van der Waals surface area contributed by atoms with E-state index >= 15 is 0 Å². The number of nitrogens with zero attached hydrogens (tertiary/aromatic N) is 3. The lowest BCUT2D eigenvalue weighted by atomic mass is 10.0. The average molecular weight is 379 g/mol. The number of hydrogen-bond acceptors (Lipinski definition) is 3. The summed E-state index contributed by atoms with van der Waals surface area (Å²) in [4.78, 5) is 14.8. The Labute approximate surface area is 163 Å². The molecule has 5 nitrogen and oxygen atoms in total. The predicted molar refractivity (Wildman–Crippen MR) is 105 cm³/mol. The fourth-order valence-electron chi connectivity index (χ4n) is 3.89. The lowest BCUT2D eigenvalue weighted by molar-refractivity contribution is 0.0787. The number of aryl methyl sites for hydroxylation is 2. The van der Waals surface area contributed by atoms with Gasteiger partial charge in [-0.1, -0.05) is 24.3 Å². The lowest BCUT2D eigenvalue weighted by Gasteiger charge is -2.18. The zero-order valence-electron chi connectivity index (χ0n) is 15.9. The molecular weight excluding hydrogens is 357 g/mol. The average Bonchev–Trinajstić information content (AvgIpc) is 3.29. The van der Waals surface area contributed by atoms with E-state index in [4.69, 9.17) is 0 Å². The van der Waals surface area contributed by atoms with Gasteiger partial charge in [-0.05, 0) is 50.1 Å². The smallest absolute Gasteiger partial charge is 0.253 e. The summed E-state index contributed by atoms with van der Waals surface area (Å²) in [5.74, 6) is -1.15. The number of likely N-dealkylation sites (tertiary alicyclic amines) is 1. The van der Waals surface area contributed by atoms with Gasteiger partial charge in [0, 0.05) is 29.9 Å². The number of para-hydroxylation sites is 1. The van der Waals surface area contributed by atoms with Gasteiger partial charge < -0.3 is 10.0 Å². The van der Waals surface area contributed by atoms with Crippen molar-refractivity contribution >= 4 is 5.91 Å². The van der Waals surface area contributed by atoms with Crippen LogP contribution in [0.1, 0.15) is 34.2 Å². The van der Waals surface area contributed by atoms with Crippen LogP contribution in [-0.2, 0) is 0 Å². The van der Waals surface area contributed by atoms with Gasteiger partial charge in [0.1, 0.15) is 0 Å². The summed E-state index contributed by atoms with van der Waals surface area (Å²) in [7, 11) is 0. The molecule has 0 bridgehead atoms. The second kappa shape index (κ2) is 7.11. The monoisotopic (exact) mass is 379 g/mol. The third-order valence-corrected chi connectivity index (χ3v) is 5.25. The number of phenolic OH excluding ortho intramolecular Hbond substituents is 1. The Hall–Kier alpha value is -3.15. The summed E-state index contributed by atoms with van der Waals surface area (Å²) in [5, 5.41) is 14.5. The first-order chi connectivity index (χ1) is 13.4. The molecule has 1 aliphatic heterocycles. The topological polar surface area (TPSA) is 58.4 Å². The van der Waals surface area contributed by atoms with E-state index in [-0.39, 0.29) is 11.9 Å². The fraction of sp³-hybridized carbons (Fsp3) is 0.273. The standard InChI is InChI=1S/C22H22FN3O2/c1-14-11-15(2)26(24-14)18-9-10-25(13-18)22(28)17-6-3-5-16(12-17)19-7-4-8-20(23)21(19)27/h3-8,11-12,18,27H,9-10,13H2,1-2H3/t18-/m0/s1. The molecule has 144 valence electrons. The van der Waals surface area contributed by atoms with Crippen LogP contribution >= 0.6 is 0 Å². The largest absolute Gasteiger partial charge is 0.504 e. The summed E-state index contributed by atoms with van der Waals surface area (Å²) in [6.07, 6.45) is 0.859. The van der Waals surface area contributed by atoms with Crippen LogP contribution in [0.3, 0.4) is 0 Å². The van der Waals surface area contributed by atoms with Crippen molar-refractivity contribution in [3.63, 3.8) is 0 Å². The molecule has 0 spiro atoms. The molecule has 0 radical (unpaired) electrons. The number of carbonyl (C=O) groups excluding carboxylic acids is 1. The number of phenols is 1. The number of halogens is 1. The number of aromatic hydroxyl groups is 1.